The van der Waals surface area contributed by atoms with Gasteiger partial charge in [0.1, 0.15) is 17.2 Å². The molecule has 3 aromatic rings. The van der Waals surface area contributed by atoms with Gasteiger partial charge in [0.2, 0.25) is 5.91 Å². The number of aliphatic carboxylic acids is 1. The third-order valence-corrected chi connectivity index (χ3v) is 5.83. The summed E-state index contributed by atoms with van der Waals surface area (Å²) in [7, 11) is 3.42. The number of hydrogen-bond acceptors (Lipinski definition) is 6. The van der Waals surface area contributed by atoms with Gasteiger partial charge in [0.25, 0.3) is 0 Å². The molecule has 1 N–H and O–H groups in total. The second-order valence-electron chi connectivity index (χ2n) is 7.17. The number of hydrazine groups is 1. The van der Waals surface area contributed by atoms with Crippen LogP contribution in [0.3, 0.4) is 0 Å². The zero-order valence-electron chi connectivity index (χ0n) is 17.5. The Bertz CT molecular complexity index is 1130. The largest absolute Gasteiger partial charge is 0.755 e. The number of carboxylic acid groups (broad SMARTS) is 1. The van der Waals surface area contributed by atoms with Crippen LogP contribution in [-0.2, 0) is 20.9 Å². The van der Waals surface area contributed by atoms with E-state index in [1.807, 2.05) is 18.2 Å². The summed E-state index contributed by atoms with van der Waals surface area (Å²) in [5.74, 6) is -1.62. The summed E-state index contributed by atoms with van der Waals surface area (Å²) < 4.78 is 30.7. The van der Waals surface area contributed by atoms with Crippen molar-refractivity contribution >= 4 is 50.8 Å². The number of nitrogens with zero attached hydrogens (tertiary/aromatic N) is 3. The minimum absolute atomic E-state index is 0.117. The van der Waals surface area contributed by atoms with E-state index in [4.69, 9.17) is 4.42 Å². The molecular formula is C21H24N3O6S-. The summed E-state index contributed by atoms with van der Waals surface area (Å²) in [6.45, 7) is 2.22. The molecule has 166 valence electrons. The molecule has 2 atom stereocenters. The van der Waals surface area contributed by atoms with E-state index in [9.17, 15) is 23.5 Å². The van der Waals surface area contributed by atoms with E-state index in [1.165, 1.54) is 11.1 Å². The van der Waals surface area contributed by atoms with Crippen LogP contribution in [0.4, 0.5) is 5.69 Å². The lowest BCUT2D eigenvalue weighted by Gasteiger charge is -2.33. The van der Waals surface area contributed by atoms with Crippen molar-refractivity contribution in [1.29, 1.82) is 0 Å². The Balaban J connectivity index is 1.94. The summed E-state index contributed by atoms with van der Waals surface area (Å²) in [4.78, 5) is 24.4. The molecule has 0 bridgehead atoms. The Morgan fingerprint density at radius 2 is 1.81 bits per heavy atom. The van der Waals surface area contributed by atoms with Crippen molar-refractivity contribution in [2.45, 2.75) is 25.8 Å². The van der Waals surface area contributed by atoms with Crippen LogP contribution in [0.25, 0.3) is 21.9 Å². The van der Waals surface area contributed by atoms with E-state index in [-0.39, 0.29) is 24.4 Å². The van der Waals surface area contributed by atoms with Gasteiger partial charge in [-0.3, -0.25) is 18.3 Å². The maximum atomic E-state index is 12.5. The van der Waals surface area contributed by atoms with Gasteiger partial charge >= 0.3 is 5.97 Å². The molecule has 0 aliphatic carbocycles. The van der Waals surface area contributed by atoms with Gasteiger partial charge in [-0.15, -0.1) is 0 Å². The molecule has 0 fully saturated rings. The number of amides is 1. The SMILES string of the molecule is CCN(C(=O)CCC(C(=O)O)N(c1ccc2oc3ccccc3c2c1)S(=O)[O-])N(C)C. The molecule has 31 heavy (non-hydrogen) atoms. The molecule has 1 heterocycles. The van der Waals surface area contributed by atoms with Crippen LogP contribution >= 0.6 is 0 Å². The number of benzene rings is 2. The normalized spacial score (nSPS) is 13.5. The minimum atomic E-state index is -2.87. The van der Waals surface area contributed by atoms with Crippen LogP contribution in [0.2, 0.25) is 0 Å². The third kappa shape index (κ3) is 4.71. The number of fused-ring (bicyclic) bond motifs is 3. The summed E-state index contributed by atoms with van der Waals surface area (Å²) in [6.07, 6.45) is -0.287. The fourth-order valence-electron chi connectivity index (χ4n) is 3.63. The molecular weight excluding hydrogens is 422 g/mol. The summed E-state index contributed by atoms with van der Waals surface area (Å²) in [5, 5.41) is 14.3. The van der Waals surface area contributed by atoms with Gasteiger partial charge in [-0.2, -0.15) is 0 Å². The number of rotatable bonds is 9. The quantitative estimate of drug-likeness (QED) is 0.397. The number of para-hydroxylation sites is 1. The van der Waals surface area contributed by atoms with E-state index in [0.717, 1.165) is 9.69 Å². The van der Waals surface area contributed by atoms with Gasteiger partial charge in [-0.25, -0.2) is 9.80 Å². The molecule has 0 saturated carbocycles. The molecule has 10 heteroatoms. The number of carboxylic acids is 1. The monoisotopic (exact) mass is 446 g/mol. The van der Waals surface area contributed by atoms with E-state index < -0.39 is 23.3 Å². The molecule has 0 spiro atoms. The minimum Gasteiger partial charge on any atom is -0.755 e. The van der Waals surface area contributed by atoms with Crippen LogP contribution in [0.1, 0.15) is 19.8 Å². The molecule has 0 aliphatic rings. The lowest BCUT2D eigenvalue weighted by atomic mass is 10.1. The highest BCUT2D eigenvalue weighted by Gasteiger charge is 2.29. The lowest BCUT2D eigenvalue weighted by molar-refractivity contribution is -0.144. The summed E-state index contributed by atoms with van der Waals surface area (Å²) in [5.41, 5.74) is 1.40. The van der Waals surface area contributed by atoms with Crippen LogP contribution in [0.15, 0.2) is 46.9 Å². The topological polar surface area (TPSA) is 117 Å². The zero-order chi connectivity index (χ0) is 22.7. The van der Waals surface area contributed by atoms with E-state index >= 15 is 0 Å². The van der Waals surface area contributed by atoms with Crippen molar-refractivity contribution in [2.75, 3.05) is 24.9 Å². The molecule has 1 amide bonds. The zero-order valence-corrected chi connectivity index (χ0v) is 18.3. The highest BCUT2D eigenvalue weighted by Crippen LogP contribution is 2.33. The van der Waals surface area contributed by atoms with Gasteiger partial charge in [-0.05, 0) is 37.6 Å². The predicted molar refractivity (Wildman–Crippen MR) is 117 cm³/mol. The highest BCUT2D eigenvalue weighted by atomic mass is 32.2. The van der Waals surface area contributed by atoms with Crippen LogP contribution in [0.5, 0.6) is 0 Å². The van der Waals surface area contributed by atoms with Gasteiger partial charge in [0, 0.05) is 49.1 Å². The first-order chi connectivity index (χ1) is 14.7. The van der Waals surface area contributed by atoms with Crippen LogP contribution in [0, 0.1) is 0 Å². The Kier molecular flexibility index (Phi) is 6.94. The standard InChI is InChI=1S/C21H25N3O6S/c1-4-23(22(2)3)20(25)12-10-17(21(26)27)24(31(28)29)14-9-11-19-16(13-14)15-7-5-6-8-18(15)30-19/h5-9,11,13,17H,4,10,12H2,1-3H3,(H,26,27)(H,28,29)/p-1. The van der Waals surface area contributed by atoms with E-state index in [1.54, 1.807) is 44.2 Å². The number of carbonyl (C=O) groups excluding carboxylic acids is 1. The summed E-state index contributed by atoms with van der Waals surface area (Å²) >= 11 is -2.87. The van der Waals surface area contributed by atoms with Crippen molar-refractivity contribution in [3.63, 3.8) is 0 Å². The van der Waals surface area contributed by atoms with Crippen molar-refractivity contribution < 1.29 is 27.9 Å². The average molecular weight is 447 g/mol. The van der Waals surface area contributed by atoms with Gasteiger partial charge in [0.15, 0.2) is 0 Å². The Hall–Kier alpha value is -2.95. The lowest BCUT2D eigenvalue weighted by Crippen LogP contribution is -2.45. The number of hydrogen-bond donors (Lipinski definition) is 1. The molecule has 3 rings (SSSR count). The first-order valence-corrected chi connectivity index (χ1v) is 10.8. The smallest absolute Gasteiger partial charge is 0.327 e. The molecule has 9 nitrogen and oxygen atoms in total. The second-order valence-corrected chi connectivity index (χ2v) is 8.00. The number of anilines is 1. The molecule has 2 aromatic carbocycles. The molecule has 1 aromatic heterocycles. The molecule has 0 saturated heterocycles. The number of furan rings is 1. The van der Waals surface area contributed by atoms with E-state index in [2.05, 4.69) is 0 Å². The highest BCUT2D eigenvalue weighted by molar-refractivity contribution is 7.80. The Labute approximate surface area is 182 Å². The average Bonchev–Trinajstić information content (AvgIpc) is 3.08. The van der Waals surface area contributed by atoms with Gasteiger partial charge in [-0.1, -0.05) is 18.2 Å². The van der Waals surface area contributed by atoms with Crippen molar-refractivity contribution in [1.82, 2.24) is 10.0 Å². The van der Waals surface area contributed by atoms with Crippen molar-refractivity contribution in [3.8, 4) is 0 Å². The number of carbonyl (C=O) groups is 2. The molecule has 0 aliphatic heterocycles. The predicted octanol–water partition coefficient (Wildman–Crippen LogP) is 2.75. The van der Waals surface area contributed by atoms with E-state index in [0.29, 0.717) is 23.1 Å². The first kappa shape index (κ1) is 22.7. The molecule has 0 radical (unpaired) electrons. The molecule has 2 unspecified atom stereocenters. The maximum absolute atomic E-state index is 12.5. The van der Waals surface area contributed by atoms with Crippen molar-refractivity contribution in [2.24, 2.45) is 0 Å². The fraction of sp³-hybridized carbons (Fsp3) is 0.333. The maximum Gasteiger partial charge on any atom is 0.327 e. The fourth-order valence-corrected chi connectivity index (χ4v) is 4.32. The van der Waals surface area contributed by atoms with Gasteiger partial charge in [0.05, 0.1) is 5.69 Å². The summed E-state index contributed by atoms with van der Waals surface area (Å²) in [6, 6.07) is 10.6. The Morgan fingerprint density at radius 3 is 2.42 bits per heavy atom. The van der Waals surface area contributed by atoms with Crippen LogP contribution in [-0.4, -0.2) is 62.4 Å². The van der Waals surface area contributed by atoms with Crippen molar-refractivity contribution in [3.05, 3.63) is 42.5 Å². The van der Waals surface area contributed by atoms with Gasteiger partial charge < -0.3 is 14.1 Å². The third-order valence-electron chi connectivity index (χ3n) is 5.05. The second kappa shape index (κ2) is 9.46. The first-order valence-electron chi connectivity index (χ1n) is 9.75. The van der Waals surface area contributed by atoms with Crippen LogP contribution < -0.4 is 4.31 Å². The Morgan fingerprint density at radius 1 is 1.13 bits per heavy atom.